The molecular formula is C22H18F3NO4. The number of alkyl halides is 3. The third kappa shape index (κ3) is 3.53. The van der Waals surface area contributed by atoms with E-state index in [2.05, 4.69) is 4.98 Å². The average molecular weight is 417 g/mol. The number of aromatic nitrogens is 1. The Hall–Kier alpha value is -3.29. The van der Waals surface area contributed by atoms with E-state index in [1.807, 2.05) is 18.2 Å². The highest BCUT2D eigenvalue weighted by Crippen LogP contribution is 2.41. The van der Waals surface area contributed by atoms with Gasteiger partial charge in [-0.2, -0.15) is 13.2 Å². The number of benzene rings is 2. The maximum Gasteiger partial charge on any atom is 0.416 e. The molecular weight excluding hydrogens is 399 g/mol. The molecule has 0 spiro atoms. The summed E-state index contributed by atoms with van der Waals surface area (Å²) in [6.45, 7) is 2.88. The first-order chi connectivity index (χ1) is 14.1. The van der Waals surface area contributed by atoms with E-state index in [-0.39, 0.29) is 0 Å². The number of cyclic esters (lactones) is 2. The number of esters is 2. The summed E-state index contributed by atoms with van der Waals surface area (Å²) < 4.78 is 49.6. The van der Waals surface area contributed by atoms with Crippen LogP contribution in [-0.2, 0) is 25.2 Å². The molecule has 0 saturated carbocycles. The number of hydrogen-bond donors (Lipinski definition) is 1. The highest BCUT2D eigenvalue weighted by atomic mass is 19.4. The van der Waals surface area contributed by atoms with Crippen LogP contribution in [-0.4, -0.2) is 22.7 Å². The molecule has 0 aliphatic carbocycles. The molecule has 5 nitrogen and oxygen atoms in total. The van der Waals surface area contributed by atoms with Gasteiger partial charge < -0.3 is 14.5 Å². The van der Waals surface area contributed by atoms with Crippen molar-refractivity contribution in [3.8, 4) is 0 Å². The molecule has 156 valence electrons. The minimum absolute atomic E-state index is 0.367. The standard InChI is InChI=1S/C22H18F3NO4/c1-21(2)29-19(27)18(20(28)30-21)17(12-7-9-13(10-8-12)22(23,24)25)15-11-26-16-6-4-3-5-14(15)16/h3-11,17-18,26H,1-2H3. The number of carbonyl (C=O) groups is 2. The van der Waals surface area contributed by atoms with Crippen molar-refractivity contribution in [3.63, 3.8) is 0 Å². The Morgan fingerprint density at radius 2 is 1.57 bits per heavy atom. The Balaban J connectivity index is 1.86. The number of halogens is 3. The van der Waals surface area contributed by atoms with Crippen molar-refractivity contribution in [2.24, 2.45) is 5.92 Å². The molecule has 0 bridgehead atoms. The summed E-state index contributed by atoms with van der Waals surface area (Å²) in [6, 6.07) is 11.7. The van der Waals surface area contributed by atoms with E-state index < -0.39 is 41.3 Å². The summed E-state index contributed by atoms with van der Waals surface area (Å²) in [4.78, 5) is 28.6. The van der Waals surface area contributed by atoms with Crippen LogP contribution in [0, 0.1) is 5.92 Å². The van der Waals surface area contributed by atoms with Gasteiger partial charge in [-0.25, -0.2) is 0 Å². The predicted molar refractivity (Wildman–Crippen MR) is 101 cm³/mol. The molecule has 1 unspecified atom stereocenters. The molecule has 1 fully saturated rings. The normalized spacial score (nSPS) is 18.2. The van der Waals surface area contributed by atoms with Crippen molar-refractivity contribution in [3.05, 3.63) is 71.4 Å². The summed E-state index contributed by atoms with van der Waals surface area (Å²) in [5, 5.41) is 0.743. The lowest BCUT2D eigenvalue weighted by atomic mass is 9.79. The fourth-order valence-electron chi connectivity index (χ4n) is 3.78. The van der Waals surface area contributed by atoms with Crippen LogP contribution in [0.4, 0.5) is 13.2 Å². The maximum atomic E-state index is 13.0. The van der Waals surface area contributed by atoms with E-state index in [4.69, 9.17) is 9.47 Å². The Morgan fingerprint density at radius 1 is 0.967 bits per heavy atom. The van der Waals surface area contributed by atoms with Gasteiger partial charge in [0.05, 0.1) is 5.56 Å². The zero-order valence-corrected chi connectivity index (χ0v) is 16.1. The van der Waals surface area contributed by atoms with Crippen LogP contribution in [0.1, 0.15) is 36.5 Å². The van der Waals surface area contributed by atoms with Crippen molar-refractivity contribution in [2.45, 2.75) is 31.7 Å². The zero-order valence-electron chi connectivity index (χ0n) is 16.1. The van der Waals surface area contributed by atoms with Gasteiger partial charge in [-0.15, -0.1) is 0 Å². The van der Waals surface area contributed by atoms with Crippen molar-refractivity contribution in [1.82, 2.24) is 4.98 Å². The van der Waals surface area contributed by atoms with Crippen LogP contribution in [0.3, 0.4) is 0 Å². The van der Waals surface area contributed by atoms with Crippen LogP contribution >= 0.6 is 0 Å². The summed E-state index contributed by atoms with van der Waals surface area (Å²) in [5.41, 5.74) is 0.900. The lowest BCUT2D eigenvalue weighted by Gasteiger charge is -2.36. The first-order valence-electron chi connectivity index (χ1n) is 9.26. The quantitative estimate of drug-likeness (QED) is 0.492. The van der Waals surface area contributed by atoms with Crippen molar-refractivity contribution in [2.75, 3.05) is 0 Å². The van der Waals surface area contributed by atoms with E-state index in [0.717, 1.165) is 23.0 Å². The minimum atomic E-state index is -4.50. The lowest BCUT2D eigenvalue weighted by Crippen LogP contribution is -2.48. The van der Waals surface area contributed by atoms with E-state index in [1.54, 1.807) is 12.3 Å². The Kier molecular flexibility index (Phi) is 4.60. The molecule has 2 aromatic carbocycles. The van der Waals surface area contributed by atoms with Gasteiger partial charge in [-0.05, 0) is 29.3 Å². The van der Waals surface area contributed by atoms with Gasteiger partial charge in [0, 0.05) is 36.9 Å². The Morgan fingerprint density at radius 3 is 2.17 bits per heavy atom. The number of nitrogens with one attached hydrogen (secondary N) is 1. The summed E-state index contributed by atoms with van der Waals surface area (Å²) in [7, 11) is 0. The van der Waals surface area contributed by atoms with Crippen molar-refractivity contribution in [1.29, 1.82) is 0 Å². The molecule has 1 aliphatic rings. The second kappa shape index (κ2) is 6.90. The highest BCUT2D eigenvalue weighted by molar-refractivity contribution is 5.99. The number of hydrogen-bond acceptors (Lipinski definition) is 4. The summed E-state index contributed by atoms with van der Waals surface area (Å²) >= 11 is 0. The van der Waals surface area contributed by atoms with Gasteiger partial charge in [0.2, 0.25) is 0 Å². The average Bonchev–Trinajstić information content (AvgIpc) is 3.07. The monoisotopic (exact) mass is 417 g/mol. The van der Waals surface area contributed by atoms with Gasteiger partial charge in [0.15, 0.2) is 5.92 Å². The number of ether oxygens (including phenoxy) is 2. The van der Waals surface area contributed by atoms with Crippen molar-refractivity contribution < 1.29 is 32.2 Å². The largest absolute Gasteiger partial charge is 0.422 e. The van der Waals surface area contributed by atoms with Crippen LogP contribution in [0.15, 0.2) is 54.7 Å². The Labute approximate surface area is 169 Å². The molecule has 1 N–H and O–H groups in total. The van der Waals surface area contributed by atoms with E-state index >= 15 is 0 Å². The molecule has 1 aromatic heterocycles. The number of para-hydroxylation sites is 1. The van der Waals surface area contributed by atoms with E-state index in [9.17, 15) is 22.8 Å². The van der Waals surface area contributed by atoms with Crippen LogP contribution in [0.25, 0.3) is 10.9 Å². The molecule has 1 aliphatic heterocycles. The highest BCUT2D eigenvalue weighted by Gasteiger charge is 2.48. The third-order valence-corrected chi connectivity index (χ3v) is 5.09. The first-order valence-corrected chi connectivity index (χ1v) is 9.26. The number of fused-ring (bicyclic) bond motifs is 1. The van der Waals surface area contributed by atoms with Crippen LogP contribution in [0.2, 0.25) is 0 Å². The third-order valence-electron chi connectivity index (χ3n) is 5.09. The second-order valence-electron chi connectivity index (χ2n) is 7.61. The van der Waals surface area contributed by atoms with Crippen molar-refractivity contribution >= 4 is 22.8 Å². The number of H-pyrrole nitrogens is 1. The molecule has 0 amide bonds. The van der Waals surface area contributed by atoms with Gasteiger partial charge >= 0.3 is 18.1 Å². The SMILES string of the molecule is CC1(C)OC(=O)C(C(c2ccc(C(F)(F)F)cc2)c2c[nH]c3ccccc23)C(=O)O1. The fourth-order valence-corrected chi connectivity index (χ4v) is 3.78. The zero-order chi connectivity index (χ0) is 21.7. The molecule has 4 rings (SSSR count). The minimum Gasteiger partial charge on any atom is -0.422 e. The Bertz CT molecular complexity index is 1100. The second-order valence-corrected chi connectivity index (χ2v) is 7.61. The molecule has 30 heavy (non-hydrogen) atoms. The van der Waals surface area contributed by atoms with Gasteiger partial charge in [-0.1, -0.05) is 30.3 Å². The number of rotatable bonds is 3. The molecule has 1 saturated heterocycles. The smallest absolute Gasteiger partial charge is 0.416 e. The van der Waals surface area contributed by atoms with Crippen LogP contribution in [0.5, 0.6) is 0 Å². The molecule has 3 aromatic rings. The number of carbonyl (C=O) groups excluding carboxylic acids is 2. The van der Waals surface area contributed by atoms with Gasteiger partial charge in [0.25, 0.3) is 5.79 Å². The molecule has 2 heterocycles. The topological polar surface area (TPSA) is 68.4 Å². The fraction of sp³-hybridized carbons (Fsp3) is 0.273. The van der Waals surface area contributed by atoms with E-state index in [1.165, 1.54) is 26.0 Å². The summed E-state index contributed by atoms with van der Waals surface area (Å²) in [6.07, 6.45) is -2.85. The molecule has 8 heteroatoms. The maximum absolute atomic E-state index is 13.0. The van der Waals surface area contributed by atoms with Crippen LogP contribution < -0.4 is 0 Å². The van der Waals surface area contributed by atoms with E-state index in [0.29, 0.717) is 11.1 Å². The molecule has 0 radical (unpaired) electrons. The van der Waals surface area contributed by atoms with Gasteiger partial charge in [-0.3, -0.25) is 9.59 Å². The predicted octanol–water partition coefficient (Wildman–Crippen LogP) is 4.77. The first kappa shape index (κ1) is 20.0. The lowest BCUT2D eigenvalue weighted by molar-refractivity contribution is -0.240. The molecule has 1 atom stereocenters. The van der Waals surface area contributed by atoms with Gasteiger partial charge in [0.1, 0.15) is 0 Å². The summed E-state index contributed by atoms with van der Waals surface area (Å²) in [5.74, 6) is -5.22. The number of aromatic amines is 1.